The second-order valence-electron chi connectivity index (χ2n) is 3.49. The fraction of sp³-hybridized carbons (Fsp3) is 0.0833. The summed E-state index contributed by atoms with van der Waals surface area (Å²) in [4.78, 5) is 12.1. The Kier molecular flexibility index (Phi) is 3.91. The number of phenolic OH excluding ortho intramolecular Hbond substituents is 1. The average molecular weight is 264 g/mol. The highest BCUT2D eigenvalue weighted by atomic mass is 32.2. The number of carbonyl (C=O) groups is 1. The minimum Gasteiger partial charge on any atom is -0.507 e. The van der Waals surface area contributed by atoms with Gasteiger partial charge in [0.15, 0.2) is 0 Å². The molecule has 1 heterocycles. The number of para-hydroxylation sites is 1. The van der Waals surface area contributed by atoms with Crippen LogP contribution in [0.4, 0.5) is 0 Å². The fourth-order valence-corrected chi connectivity index (χ4v) is 2.36. The first-order chi connectivity index (χ1) is 8.72. The van der Waals surface area contributed by atoms with Crippen molar-refractivity contribution < 1.29 is 14.3 Å². The van der Waals surface area contributed by atoms with Gasteiger partial charge >= 0.3 is 0 Å². The smallest absolute Gasteiger partial charge is 0.268 e. The van der Waals surface area contributed by atoms with Crippen molar-refractivity contribution in [1.29, 1.82) is 0 Å². The summed E-state index contributed by atoms with van der Waals surface area (Å²) in [6.45, 7) is 0. The Balaban J connectivity index is 2.09. The van der Waals surface area contributed by atoms with Gasteiger partial charge < -0.3 is 9.52 Å². The molecule has 1 amide bonds. The molecule has 0 saturated heterocycles. The molecule has 0 spiro atoms. The van der Waals surface area contributed by atoms with E-state index >= 15 is 0 Å². The quantitative estimate of drug-likeness (QED) is 0.339. The summed E-state index contributed by atoms with van der Waals surface area (Å²) in [5.41, 5.74) is 2.46. The lowest BCUT2D eigenvalue weighted by Gasteiger charge is -2.03. The molecule has 2 aromatic rings. The molecular formula is C12H12N2O3S. The molecule has 0 atom stereocenters. The van der Waals surface area contributed by atoms with Crippen molar-refractivity contribution in [2.45, 2.75) is 10.6 Å². The van der Waals surface area contributed by atoms with Crippen LogP contribution in [0.2, 0.25) is 0 Å². The lowest BCUT2D eigenvalue weighted by atomic mass is 10.2. The van der Waals surface area contributed by atoms with Crippen LogP contribution in [0.5, 0.6) is 5.75 Å². The van der Waals surface area contributed by atoms with Crippen LogP contribution >= 0.6 is 11.8 Å². The van der Waals surface area contributed by atoms with Crippen molar-refractivity contribution >= 4 is 17.7 Å². The van der Waals surface area contributed by atoms with E-state index in [-0.39, 0.29) is 5.75 Å². The van der Waals surface area contributed by atoms with Gasteiger partial charge in [-0.1, -0.05) is 12.1 Å². The van der Waals surface area contributed by atoms with E-state index in [2.05, 4.69) is 5.43 Å². The van der Waals surface area contributed by atoms with Crippen LogP contribution in [0.25, 0.3) is 0 Å². The van der Waals surface area contributed by atoms with Crippen molar-refractivity contribution in [3.63, 3.8) is 0 Å². The number of furan rings is 1. The number of nitrogen functional groups attached to an aromatic ring is 1. The van der Waals surface area contributed by atoms with E-state index in [0.717, 1.165) is 4.90 Å². The molecule has 4 N–H and O–H groups in total. The van der Waals surface area contributed by atoms with Gasteiger partial charge in [0.05, 0.1) is 17.6 Å². The van der Waals surface area contributed by atoms with E-state index in [1.165, 1.54) is 18.0 Å². The third-order valence-corrected chi connectivity index (χ3v) is 3.41. The van der Waals surface area contributed by atoms with Crippen LogP contribution in [0.15, 0.2) is 45.9 Å². The van der Waals surface area contributed by atoms with Crippen LogP contribution < -0.4 is 11.3 Å². The average Bonchev–Trinajstić information content (AvgIpc) is 2.85. The molecule has 1 aromatic carbocycles. The van der Waals surface area contributed by atoms with Gasteiger partial charge in [-0.2, -0.15) is 0 Å². The summed E-state index contributed by atoms with van der Waals surface area (Å²) in [5, 5.41) is 9.61. The minimum atomic E-state index is -0.392. The van der Waals surface area contributed by atoms with E-state index < -0.39 is 5.91 Å². The lowest BCUT2D eigenvalue weighted by Crippen LogP contribution is -2.30. The van der Waals surface area contributed by atoms with Crippen molar-refractivity contribution in [3.05, 3.63) is 47.9 Å². The molecule has 0 saturated carbocycles. The maximum Gasteiger partial charge on any atom is 0.268 e. The molecule has 1 aromatic heterocycles. The predicted octanol–water partition coefficient (Wildman–Crippen LogP) is 1.88. The molecule has 18 heavy (non-hydrogen) atoms. The molecule has 0 radical (unpaired) electrons. The predicted molar refractivity (Wildman–Crippen MR) is 68.0 cm³/mol. The first-order valence-corrected chi connectivity index (χ1v) is 6.19. The van der Waals surface area contributed by atoms with E-state index in [4.69, 9.17) is 10.3 Å². The first-order valence-electron chi connectivity index (χ1n) is 5.20. The number of hydrogen-bond acceptors (Lipinski definition) is 5. The Morgan fingerprint density at radius 2 is 2.17 bits per heavy atom. The molecule has 94 valence electrons. The minimum absolute atomic E-state index is 0.207. The molecule has 0 aliphatic carbocycles. The number of hydrogen-bond donors (Lipinski definition) is 3. The molecule has 0 bridgehead atoms. The van der Waals surface area contributed by atoms with E-state index in [1.807, 2.05) is 6.07 Å². The van der Waals surface area contributed by atoms with Crippen LogP contribution in [0.1, 0.15) is 16.1 Å². The third-order valence-electron chi connectivity index (χ3n) is 2.35. The Hall–Kier alpha value is -1.92. The fourth-order valence-electron chi connectivity index (χ4n) is 1.45. The van der Waals surface area contributed by atoms with Gasteiger partial charge in [-0.25, -0.2) is 5.84 Å². The Morgan fingerprint density at radius 3 is 2.89 bits per heavy atom. The van der Waals surface area contributed by atoms with Crippen molar-refractivity contribution in [3.8, 4) is 5.75 Å². The third kappa shape index (κ3) is 2.66. The summed E-state index contributed by atoms with van der Waals surface area (Å²) in [5.74, 6) is 5.85. The number of amides is 1. The van der Waals surface area contributed by atoms with Gasteiger partial charge in [-0.15, -0.1) is 11.8 Å². The van der Waals surface area contributed by atoms with Crippen LogP contribution in [-0.4, -0.2) is 11.0 Å². The molecule has 0 aliphatic heterocycles. The number of aromatic hydroxyl groups is 1. The number of hydrazine groups is 1. The Morgan fingerprint density at radius 1 is 1.39 bits per heavy atom. The van der Waals surface area contributed by atoms with Gasteiger partial charge in [0.1, 0.15) is 11.5 Å². The van der Waals surface area contributed by atoms with Crippen LogP contribution in [-0.2, 0) is 5.75 Å². The van der Waals surface area contributed by atoms with Gasteiger partial charge in [0.25, 0.3) is 5.91 Å². The molecule has 2 rings (SSSR count). The number of phenols is 1. The van der Waals surface area contributed by atoms with Gasteiger partial charge in [-0.05, 0) is 18.2 Å². The molecule has 5 nitrogen and oxygen atoms in total. The van der Waals surface area contributed by atoms with Crippen molar-refractivity contribution in [2.75, 3.05) is 0 Å². The monoisotopic (exact) mass is 264 g/mol. The molecule has 0 aliphatic rings. The summed E-state index contributed by atoms with van der Waals surface area (Å²) in [7, 11) is 0. The Bertz CT molecular complexity index is 554. The number of rotatable bonds is 4. The van der Waals surface area contributed by atoms with E-state index in [1.54, 1.807) is 24.3 Å². The second-order valence-corrected chi connectivity index (χ2v) is 4.50. The van der Waals surface area contributed by atoms with Crippen LogP contribution in [0, 0.1) is 0 Å². The standard InChI is InChI=1S/C12H12N2O3S/c13-14-12(16)8-5-6-17-10(8)7-18-11-4-2-1-3-9(11)15/h1-6,15H,7,13H2,(H,14,16). The number of benzene rings is 1. The van der Waals surface area contributed by atoms with Crippen molar-refractivity contribution in [2.24, 2.45) is 5.84 Å². The highest BCUT2D eigenvalue weighted by Gasteiger charge is 2.14. The van der Waals surface area contributed by atoms with Gasteiger partial charge in [-0.3, -0.25) is 10.2 Å². The highest BCUT2D eigenvalue weighted by molar-refractivity contribution is 7.98. The summed E-state index contributed by atoms with van der Waals surface area (Å²) in [6.07, 6.45) is 1.44. The maximum absolute atomic E-state index is 11.4. The zero-order valence-corrected chi connectivity index (χ0v) is 10.2. The number of nitrogens with two attached hydrogens (primary N) is 1. The summed E-state index contributed by atoms with van der Waals surface area (Å²) < 4.78 is 5.23. The molecule has 0 unspecified atom stereocenters. The maximum atomic E-state index is 11.4. The first kappa shape index (κ1) is 12.5. The Labute approximate surface area is 108 Å². The van der Waals surface area contributed by atoms with Crippen molar-refractivity contribution in [1.82, 2.24) is 5.43 Å². The second kappa shape index (κ2) is 5.61. The molecule has 0 fully saturated rings. The largest absolute Gasteiger partial charge is 0.507 e. The summed E-state index contributed by atoms with van der Waals surface area (Å²) >= 11 is 1.38. The zero-order chi connectivity index (χ0) is 13.0. The van der Waals surface area contributed by atoms with E-state index in [0.29, 0.717) is 17.1 Å². The number of thioether (sulfide) groups is 1. The number of carbonyl (C=O) groups excluding carboxylic acids is 1. The van der Waals surface area contributed by atoms with Crippen LogP contribution in [0.3, 0.4) is 0 Å². The molecular weight excluding hydrogens is 252 g/mol. The van der Waals surface area contributed by atoms with Gasteiger partial charge in [0, 0.05) is 4.90 Å². The van der Waals surface area contributed by atoms with Gasteiger partial charge in [0.2, 0.25) is 0 Å². The highest BCUT2D eigenvalue weighted by Crippen LogP contribution is 2.31. The molecule has 6 heteroatoms. The summed E-state index contributed by atoms with van der Waals surface area (Å²) in [6, 6.07) is 8.55. The number of nitrogens with one attached hydrogen (secondary N) is 1. The zero-order valence-electron chi connectivity index (χ0n) is 9.42. The normalized spacial score (nSPS) is 10.3. The van der Waals surface area contributed by atoms with E-state index in [9.17, 15) is 9.90 Å². The SMILES string of the molecule is NNC(=O)c1ccoc1CSc1ccccc1O. The topological polar surface area (TPSA) is 88.5 Å². The lowest BCUT2D eigenvalue weighted by molar-refractivity contribution is 0.0952.